The molecule has 1 unspecified atom stereocenters. The number of aryl methyl sites for hydroxylation is 1. The molecular formula is C14H24N4O. The fourth-order valence-electron chi connectivity index (χ4n) is 2.87. The molecule has 19 heavy (non-hydrogen) atoms. The number of rotatable bonds is 4. The van der Waals surface area contributed by atoms with Crippen LogP contribution in [0, 0.1) is 13.8 Å². The molecule has 5 heteroatoms. The van der Waals surface area contributed by atoms with Crippen molar-refractivity contribution in [2.45, 2.75) is 45.6 Å². The molecule has 0 aromatic carbocycles. The summed E-state index contributed by atoms with van der Waals surface area (Å²) in [4.78, 5) is 11.4. The van der Waals surface area contributed by atoms with E-state index in [1.807, 2.05) is 14.0 Å². The van der Waals surface area contributed by atoms with Crippen molar-refractivity contribution in [3.8, 4) is 0 Å². The number of aliphatic hydroxyl groups is 1. The van der Waals surface area contributed by atoms with Gasteiger partial charge in [0.2, 0.25) is 0 Å². The van der Waals surface area contributed by atoms with Gasteiger partial charge in [-0.1, -0.05) is 0 Å². The molecule has 0 amide bonds. The molecule has 1 saturated heterocycles. The van der Waals surface area contributed by atoms with Crippen molar-refractivity contribution in [3.05, 3.63) is 11.4 Å². The summed E-state index contributed by atoms with van der Waals surface area (Å²) < 4.78 is 0. The highest BCUT2D eigenvalue weighted by Gasteiger charge is 2.25. The number of hydrogen-bond acceptors (Lipinski definition) is 5. The second-order valence-electron chi connectivity index (χ2n) is 5.17. The quantitative estimate of drug-likeness (QED) is 0.869. The number of nitrogens with zero attached hydrogens (tertiary/aromatic N) is 3. The van der Waals surface area contributed by atoms with E-state index in [1.54, 1.807) is 0 Å². The largest absolute Gasteiger partial charge is 0.396 e. The summed E-state index contributed by atoms with van der Waals surface area (Å²) in [5.74, 6) is 2.71. The number of aliphatic hydroxyl groups excluding tert-OH is 1. The minimum Gasteiger partial charge on any atom is -0.396 e. The van der Waals surface area contributed by atoms with Crippen LogP contribution in [0.25, 0.3) is 0 Å². The molecular weight excluding hydrogens is 240 g/mol. The Morgan fingerprint density at radius 2 is 2.11 bits per heavy atom. The van der Waals surface area contributed by atoms with E-state index in [1.165, 1.54) is 12.8 Å². The molecule has 1 aliphatic heterocycles. The first kappa shape index (κ1) is 14.1. The molecule has 0 aliphatic carbocycles. The molecule has 1 aromatic heterocycles. The second-order valence-corrected chi connectivity index (χ2v) is 5.17. The van der Waals surface area contributed by atoms with Crippen LogP contribution in [0.5, 0.6) is 0 Å². The highest BCUT2D eigenvalue weighted by Crippen LogP contribution is 2.30. The highest BCUT2D eigenvalue weighted by molar-refractivity contribution is 5.59. The summed E-state index contributed by atoms with van der Waals surface area (Å²) in [5.41, 5.74) is 1.10. The summed E-state index contributed by atoms with van der Waals surface area (Å²) in [6.45, 7) is 5.24. The lowest BCUT2D eigenvalue weighted by atomic mass is 9.99. The van der Waals surface area contributed by atoms with E-state index in [0.717, 1.165) is 42.4 Å². The van der Waals surface area contributed by atoms with Gasteiger partial charge in [0.1, 0.15) is 17.5 Å². The number of nitrogens with one attached hydrogen (secondary N) is 1. The molecule has 5 nitrogen and oxygen atoms in total. The van der Waals surface area contributed by atoms with Crippen LogP contribution in [-0.2, 0) is 0 Å². The molecule has 1 aliphatic rings. The van der Waals surface area contributed by atoms with Crippen LogP contribution < -0.4 is 10.2 Å². The Labute approximate surface area is 115 Å². The van der Waals surface area contributed by atoms with E-state index in [9.17, 15) is 5.11 Å². The van der Waals surface area contributed by atoms with Gasteiger partial charge >= 0.3 is 0 Å². The van der Waals surface area contributed by atoms with E-state index < -0.39 is 0 Å². The zero-order valence-corrected chi connectivity index (χ0v) is 12.1. The fraction of sp³-hybridized carbons (Fsp3) is 0.714. The predicted molar refractivity (Wildman–Crippen MR) is 77.7 cm³/mol. The van der Waals surface area contributed by atoms with Crippen LogP contribution in [0.2, 0.25) is 0 Å². The van der Waals surface area contributed by atoms with Gasteiger partial charge in [-0.3, -0.25) is 0 Å². The summed E-state index contributed by atoms with van der Waals surface area (Å²) in [6, 6.07) is 0.399. The zero-order chi connectivity index (χ0) is 13.8. The van der Waals surface area contributed by atoms with Crippen LogP contribution >= 0.6 is 0 Å². The third-order valence-corrected chi connectivity index (χ3v) is 3.83. The fourth-order valence-corrected chi connectivity index (χ4v) is 2.87. The third kappa shape index (κ3) is 2.97. The standard InChI is InChI=1S/C14H24N4O/c1-10-13(15-3)16-11(2)17-14(10)18-8-5-4-6-12(18)7-9-19/h12,19H,4-9H2,1-3H3,(H,15,16,17). The van der Waals surface area contributed by atoms with Crippen LogP contribution in [0.1, 0.15) is 37.1 Å². The van der Waals surface area contributed by atoms with E-state index in [2.05, 4.69) is 27.1 Å². The van der Waals surface area contributed by atoms with Gasteiger partial charge in [-0.15, -0.1) is 0 Å². The molecule has 1 aromatic rings. The molecule has 1 fully saturated rings. The Morgan fingerprint density at radius 3 is 2.79 bits per heavy atom. The van der Waals surface area contributed by atoms with Crippen LogP contribution in [0.4, 0.5) is 11.6 Å². The lowest BCUT2D eigenvalue weighted by Crippen LogP contribution is -2.41. The maximum Gasteiger partial charge on any atom is 0.137 e. The van der Waals surface area contributed by atoms with Gasteiger partial charge in [0.15, 0.2) is 0 Å². The van der Waals surface area contributed by atoms with Gasteiger partial charge in [-0.05, 0) is 39.5 Å². The Morgan fingerprint density at radius 1 is 1.32 bits per heavy atom. The van der Waals surface area contributed by atoms with Gasteiger partial charge < -0.3 is 15.3 Å². The predicted octanol–water partition coefficient (Wildman–Crippen LogP) is 1.88. The molecule has 0 bridgehead atoms. The van der Waals surface area contributed by atoms with E-state index in [-0.39, 0.29) is 6.61 Å². The maximum atomic E-state index is 9.24. The smallest absolute Gasteiger partial charge is 0.137 e. The Balaban J connectivity index is 2.35. The van der Waals surface area contributed by atoms with Crippen LogP contribution in [0.3, 0.4) is 0 Å². The van der Waals surface area contributed by atoms with E-state index in [4.69, 9.17) is 0 Å². The minimum atomic E-state index is 0.239. The third-order valence-electron chi connectivity index (χ3n) is 3.83. The van der Waals surface area contributed by atoms with Crippen molar-refractivity contribution >= 4 is 11.6 Å². The Hall–Kier alpha value is -1.36. The summed E-state index contributed by atoms with van der Waals surface area (Å²) in [6.07, 6.45) is 4.39. The monoisotopic (exact) mass is 264 g/mol. The topological polar surface area (TPSA) is 61.3 Å². The number of hydrogen-bond donors (Lipinski definition) is 2. The maximum absolute atomic E-state index is 9.24. The molecule has 2 heterocycles. The van der Waals surface area contributed by atoms with Gasteiger partial charge in [0, 0.05) is 31.8 Å². The first-order valence-electron chi connectivity index (χ1n) is 7.08. The summed E-state index contributed by atoms with van der Waals surface area (Å²) in [7, 11) is 1.89. The normalized spacial score (nSPS) is 19.6. The zero-order valence-electron chi connectivity index (χ0n) is 12.1. The first-order valence-corrected chi connectivity index (χ1v) is 7.08. The number of aromatic nitrogens is 2. The van der Waals surface area contributed by atoms with Crippen molar-refractivity contribution in [3.63, 3.8) is 0 Å². The average molecular weight is 264 g/mol. The SMILES string of the molecule is CNc1nc(C)nc(N2CCCCC2CCO)c1C. The molecule has 0 saturated carbocycles. The first-order chi connectivity index (χ1) is 9.17. The van der Waals surface area contributed by atoms with Crippen molar-refractivity contribution in [2.24, 2.45) is 0 Å². The van der Waals surface area contributed by atoms with Gasteiger partial charge in [-0.25, -0.2) is 9.97 Å². The van der Waals surface area contributed by atoms with Gasteiger partial charge in [0.25, 0.3) is 0 Å². The van der Waals surface area contributed by atoms with Crippen molar-refractivity contribution < 1.29 is 5.11 Å². The highest BCUT2D eigenvalue weighted by atomic mass is 16.3. The van der Waals surface area contributed by atoms with E-state index in [0.29, 0.717) is 6.04 Å². The molecule has 0 radical (unpaired) electrons. The number of piperidine rings is 1. The summed E-state index contributed by atoms with van der Waals surface area (Å²) in [5, 5.41) is 12.4. The Kier molecular flexibility index (Phi) is 4.58. The lowest BCUT2D eigenvalue weighted by Gasteiger charge is -2.37. The average Bonchev–Trinajstić information content (AvgIpc) is 2.42. The Bertz CT molecular complexity index is 434. The van der Waals surface area contributed by atoms with Gasteiger partial charge in [-0.2, -0.15) is 0 Å². The van der Waals surface area contributed by atoms with E-state index >= 15 is 0 Å². The molecule has 106 valence electrons. The minimum absolute atomic E-state index is 0.239. The molecule has 2 N–H and O–H groups in total. The van der Waals surface area contributed by atoms with Crippen molar-refractivity contribution in [2.75, 3.05) is 30.4 Å². The van der Waals surface area contributed by atoms with Crippen molar-refractivity contribution in [1.29, 1.82) is 0 Å². The summed E-state index contributed by atoms with van der Waals surface area (Å²) >= 11 is 0. The molecule has 1 atom stereocenters. The van der Waals surface area contributed by atoms with Crippen LogP contribution in [0.15, 0.2) is 0 Å². The van der Waals surface area contributed by atoms with Crippen LogP contribution in [-0.4, -0.2) is 41.3 Å². The molecule has 2 rings (SSSR count). The van der Waals surface area contributed by atoms with Gasteiger partial charge in [0.05, 0.1) is 0 Å². The molecule has 0 spiro atoms. The lowest BCUT2D eigenvalue weighted by molar-refractivity contribution is 0.262. The van der Waals surface area contributed by atoms with Crippen molar-refractivity contribution in [1.82, 2.24) is 9.97 Å². The number of anilines is 2. The second kappa shape index (κ2) is 6.19.